The van der Waals surface area contributed by atoms with Crippen LogP contribution in [0.2, 0.25) is 5.02 Å². The smallest absolute Gasteiger partial charge is 0.259 e. The lowest BCUT2D eigenvalue weighted by atomic mass is 10.2. The van der Waals surface area contributed by atoms with Crippen LogP contribution in [0, 0.1) is 5.82 Å². The fourth-order valence-electron chi connectivity index (χ4n) is 2.53. The highest BCUT2D eigenvalue weighted by molar-refractivity contribution is 6.31. The Hall–Kier alpha value is -3.12. The number of amides is 1. The van der Waals surface area contributed by atoms with Gasteiger partial charge in [0, 0.05) is 24.0 Å². The van der Waals surface area contributed by atoms with E-state index in [0.29, 0.717) is 23.6 Å². The Labute approximate surface area is 161 Å². The lowest BCUT2D eigenvalue weighted by Gasteiger charge is -2.13. The highest BCUT2D eigenvalue weighted by Gasteiger charge is 2.14. The number of pyridine rings is 1. The Morgan fingerprint density at radius 3 is 2.78 bits per heavy atom. The Bertz CT molecular complexity index is 965. The molecule has 0 unspecified atom stereocenters. The van der Waals surface area contributed by atoms with E-state index >= 15 is 0 Å². The Morgan fingerprint density at radius 2 is 2.00 bits per heavy atom. The lowest BCUT2D eigenvalue weighted by Crippen LogP contribution is -2.16. The number of methoxy groups -OCH3 is 1. The van der Waals surface area contributed by atoms with Crippen LogP contribution in [0.25, 0.3) is 0 Å². The number of carbonyl (C=O) groups excluding carboxylic acids is 1. The molecule has 3 aromatic rings. The summed E-state index contributed by atoms with van der Waals surface area (Å²) in [5.74, 6) is 0.241. The van der Waals surface area contributed by atoms with E-state index in [1.54, 1.807) is 25.4 Å². The number of ether oxygens (including phenoxy) is 1. The number of rotatable bonds is 6. The number of carbonyl (C=O) groups is 1. The molecule has 2 N–H and O–H groups in total. The zero-order valence-electron chi connectivity index (χ0n) is 14.5. The van der Waals surface area contributed by atoms with Crippen molar-refractivity contribution < 1.29 is 13.9 Å². The van der Waals surface area contributed by atoms with Gasteiger partial charge in [-0.15, -0.1) is 0 Å². The van der Waals surface area contributed by atoms with E-state index < -0.39 is 5.82 Å². The molecule has 7 heteroatoms. The average Bonchev–Trinajstić information content (AvgIpc) is 2.69. The van der Waals surface area contributed by atoms with Crippen molar-refractivity contribution in [3.8, 4) is 5.75 Å². The van der Waals surface area contributed by atoms with E-state index in [2.05, 4.69) is 15.6 Å². The van der Waals surface area contributed by atoms with Crippen LogP contribution in [0.4, 0.5) is 15.9 Å². The quantitative estimate of drug-likeness (QED) is 0.643. The maximum absolute atomic E-state index is 13.3. The topological polar surface area (TPSA) is 63.2 Å². The summed E-state index contributed by atoms with van der Waals surface area (Å²) >= 11 is 5.76. The van der Waals surface area contributed by atoms with E-state index in [4.69, 9.17) is 16.3 Å². The second kappa shape index (κ2) is 8.51. The summed E-state index contributed by atoms with van der Waals surface area (Å²) in [4.78, 5) is 16.9. The fraction of sp³-hybridized carbons (Fsp3) is 0.100. The molecule has 0 saturated heterocycles. The first-order chi connectivity index (χ1) is 13.1. The monoisotopic (exact) mass is 385 g/mol. The number of aromatic nitrogens is 1. The summed E-state index contributed by atoms with van der Waals surface area (Å²) in [5.41, 5.74) is 1.68. The molecule has 2 aromatic carbocycles. The number of nitrogens with zero attached hydrogens (tertiary/aromatic N) is 1. The first kappa shape index (κ1) is 18.7. The largest absolute Gasteiger partial charge is 0.496 e. The molecule has 27 heavy (non-hydrogen) atoms. The van der Waals surface area contributed by atoms with Gasteiger partial charge in [0.1, 0.15) is 17.4 Å². The van der Waals surface area contributed by atoms with E-state index in [1.165, 1.54) is 18.2 Å². The van der Waals surface area contributed by atoms with Crippen molar-refractivity contribution in [2.45, 2.75) is 6.54 Å². The third kappa shape index (κ3) is 4.54. The van der Waals surface area contributed by atoms with E-state index in [0.717, 1.165) is 11.3 Å². The molecule has 1 heterocycles. The van der Waals surface area contributed by atoms with Crippen molar-refractivity contribution in [3.05, 3.63) is 82.8 Å². The predicted octanol–water partition coefficient (Wildman–Crippen LogP) is 4.75. The SMILES string of the molecule is COc1ccccc1CNc1ncccc1C(=O)Nc1ccc(F)c(Cl)c1. The van der Waals surface area contributed by atoms with Gasteiger partial charge in [-0.1, -0.05) is 29.8 Å². The standard InChI is InChI=1S/C20H17ClFN3O2/c1-27-18-7-3-2-5-13(18)12-24-19-15(6-4-10-23-19)20(26)25-14-8-9-17(22)16(21)11-14/h2-11H,12H2,1H3,(H,23,24)(H,25,26). The van der Waals surface area contributed by atoms with Crippen LogP contribution >= 0.6 is 11.6 Å². The molecular weight excluding hydrogens is 369 g/mol. The van der Waals surface area contributed by atoms with Gasteiger partial charge in [-0.05, 0) is 36.4 Å². The van der Waals surface area contributed by atoms with Crippen LogP contribution in [0.5, 0.6) is 5.75 Å². The number of benzene rings is 2. The molecule has 0 spiro atoms. The highest BCUT2D eigenvalue weighted by atomic mass is 35.5. The summed E-state index contributed by atoms with van der Waals surface area (Å²) < 4.78 is 18.6. The molecule has 0 aliphatic heterocycles. The first-order valence-corrected chi connectivity index (χ1v) is 8.53. The van der Waals surface area contributed by atoms with Crippen molar-refractivity contribution in [2.75, 3.05) is 17.7 Å². The first-order valence-electron chi connectivity index (χ1n) is 8.15. The molecule has 0 bridgehead atoms. The lowest BCUT2D eigenvalue weighted by molar-refractivity contribution is 0.102. The van der Waals surface area contributed by atoms with Crippen molar-refractivity contribution in [3.63, 3.8) is 0 Å². The molecule has 0 fully saturated rings. The second-order valence-corrected chi connectivity index (χ2v) is 6.06. The summed E-state index contributed by atoms with van der Waals surface area (Å²) in [6.07, 6.45) is 1.59. The van der Waals surface area contributed by atoms with Gasteiger partial charge in [0.2, 0.25) is 0 Å². The van der Waals surface area contributed by atoms with Gasteiger partial charge in [0.05, 0.1) is 17.7 Å². The van der Waals surface area contributed by atoms with Crippen LogP contribution in [-0.4, -0.2) is 18.0 Å². The number of anilines is 2. The third-order valence-electron chi connectivity index (χ3n) is 3.87. The predicted molar refractivity (Wildman–Crippen MR) is 104 cm³/mol. The van der Waals surface area contributed by atoms with Crippen LogP contribution < -0.4 is 15.4 Å². The summed E-state index contributed by atoms with van der Waals surface area (Å²) in [6.45, 7) is 0.434. The number of hydrogen-bond acceptors (Lipinski definition) is 4. The van der Waals surface area contributed by atoms with Crippen molar-refractivity contribution in [1.29, 1.82) is 0 Å². The van der Waals surface area contributed by atoms with Gasteiger partial charge in [-0.3, -0.25) is 4.79 Å². The molecule has 1 amide bonds. The summed E-state index contributed by atoms with van der Waals surface area (Å²) in [7, 11) is 1.60. The molecule has 1 aromatic heterocycles. The molecule has 138 valence electrons. The Kier molecular flexibility index (Phi) is 5.88. The Morgan fingerprint density at radius 1 is 1.19 bits per heavy atom. The van der Waals surface area contributed by atoms with Crippen LogP contribution in [0.3, 0.4) is 0 Å². The second-order valence-electron chi connectivity index (χ2n) is 5.65. The van der Waals surface area contributed by atoms with E-state index in [9.17, 15) is 9.18 Å². The van der Waals surface area contributed by atoms with Crippen molar-refractivity contribution in [1.82, 2.24) is 4.98 Å². The molecule has 5 nitrogen and oxygen atoms in total. The van der Waals surface area contributed by atoms with E-state index in [-0.39, 0.29) is 10.9 Å². The number of hydrogen-bond donors (Lipinski definition) is 2. The van der Waals surface area contributed by atoms with Gasteiger partial charge in [-0.2, -0.15) is 0 Å². The minimum absolute atomic E-state index is 0.0616. The van der Waals surface area contributed by atoms with Gasteiger partial charge in [0.25, 0.3) is 5.91 Å². The molecular formula is C20H17ClFN3O2. The van der Waals surface area contributed by atoms with Gasteiger partial charge in [-0.25, -0.2) is 9.37 Å². The number of nitrogens with one attached hydrogen (secondary N) is 2. The van der Waals surface area contributed by atoms with E-state index in [1.807, 2.05) is 24.3 Å². The normalized spacial score (nSPS) is 10.3. The minimum Gasteiger partial charge on any atom is -0.496 e. The van der Waals surface area contributed by atoms with Crippen LogP contribution in [0.15, 0.2) is 60.8 Å². The summed E-state index contributed by atoms with van der Waals surface area (Å²) in [6, 6.07) is 14.9. The van der Waals surface area contributed by atoms with Gasteiger partial charge < -0.3 is 15.4 Å². The van der Waals surface area contributed by atoms with Crippen molar-refractivity contribution >= 4 is 29.0 Å². The molecule has 3 rings (SSSR count). The molecule has 0 aliphatic rings. The average molecular weight is 386 g/mol. The highest BCUT2D eigenvalue weighted by Crippen LogP contribution is 2.22. The van der Waals surface area contributed by atoms with Gasteiger partial charge in [0.15, 0.2) is 0 Å². The molecule has 0 aliphatic carbocycles. The fourth-order valence-corrected chi connectivity index (χ4v) is 2.71. The van der Waals surface area contributed by atoms with Crippen LogP contribution in [0.1, 0.15) is 15.9 Å². The number of para-hydroxylation sites is 1. The molecule has 0 radical (unpaired) electrons. The molecule has 0 saturated carbocycles. The zero-order valence-corrected chi connectivity index (χ0v) is 15.3. The maximum Gasteiger partial charge on any atom is 0.259 e. The minimum atomic E-state index is -0.546. The van der Waals surface area contributed by atoms with Crippen molar-refractivity contribution in [2.24, 2.45) is 0 Å². The number of halogens is 2. The zero-order chi connectivity index (χ0) is 19.2. The summed E-state index contributed by atoms with van der Waals surface area (Å²) in [5, 5.41) is 5.78. The Balaban J connectivity index is 1.76. The van der Waals surface area contributed by atoms with Gasteiger partial charge >= 0.3 is 0 Å². The molecule has 0 atom stereocenters. The maximum atomic E-state index is 13.3. The van der Waals surface area contributed by atoms with Crippen LogP contribution in [-0.2, 0) is 6.54 Å². The third-order valence-corrected chi connectivity index (χ3v) is 4.16.